The van der Waals surface area contributed by atoms with Crippen LogP contribution in [0.25, 0.3) is 0 Å². The van der Waals surface area contributed by atoms with Crippen molar-refractivity contribution in [3.05, 3.63) is 52.7 Å². The molecular formula is C19H23N5O. The standard InChI is InChI=1S/C19H23N5O/c1-14-15(2)21-22-19(17(14)12-20)24-10-8-23(9-11-24)13-18(25)16-6-4-3-5-7-16/h3-7,18,25H,8-11,13H2,1-2H3/t18-/m1/s1. The van der Waals surface area contributed by atoms with Gasteiger partial charge >= 0.3 is 0 Å². The first-order valence-electron chi connectivity index (χ1n) is 8.54. The summed E-state index contributed by atoms with van der Waals surface area (Å²) in [7, 11) is 0. The number of aromatic nitrogens is 2. The van der Waals surface area contributed by atoms with Crippen LogP contribution in [0.3, 0.4) is 0 Å². The van der Waals surface area contributed by atoms with Crippen molar-refractivity contribution in [3.8, 4) is 6.07 Å². The molecule has 1 aliphatic rings. The lowest BCUT2D eigenvalue weighted by atomic mass is 10.1. The largest absolute Gasteiger partial charge is 0.387 e. The van der Waals surface area contributed by atoms with Crippen LogP contribution < -0.4 is 4.90 Å². The summed E-state index contributed by atoms with van der Waals surface area (Å²) < 4.78 is 0. The molecule has 0 bridgehead atoms. The highest BCUT2D eigenvalue weighted by molar-refractivity contribution is 5.57. The second-order valence-electron chi connectivity index (χ2n) is 6.43. The van der Waals surface area contributed by atoms with E-state index in [1.165, 1.54) is 0 Å². The van der Waals surface area contributed by atoms with E-state index in [9.17, 15) is 10.4 Å². The van der Waals surface area contributed by atoms with E-state index in [4.69, 9.17) is 0 Å². The SMILES string of the molecule is Cc1nnc(N2CCN(C[C@@H](O)c3ccccc3)CC2)c(C#N)c1C. The van der Waals surface area contributed by atoms with Crippen molar-refractivity contribution in [2.24, 2.45) is 0 Å². The summed E-state index contributed by atoms with van der Waals surface area (Å²) in [5.74, 6) is 0.675. The molecule has 130 valence electrons. The summed E-state index contributed by atoms with van der Waals surface area (Å²) in [5, 5.41) is 28.3. The summed E-state index contributed by atoms with van der Waals surface area (Å²) in [5.41, 5.74) is 3.25. The van der Waals surface area contributed by atoms with Crippen LogP contribution in [-0.4, -0.2) is 52.9 Å². The van der Waals surface area contributed by atoms with Crippen molar-refractivity contribution in [2.75, 3.05) is 37.6 Å². The van der Waals surface area contributed by atoms with E-state index in [-0.39, 0.29) is 0 Å². The molecular weight excluding hydrogens is 314 g/mol. The lowest BCUT2D eigenvalue weighted by Gasteiger charge is -2.36. The van der Waals surface area contributed by atoms with Crippen LogP contribution in [0.1, 0.15) is 28.5 Å². The fourth-order valence-electron chi connectivity index (χ4n) is 3.12. The van der Waals surface area contributed by atoms with Gasteiger partial charge in [0.2, 0.25) is 0 Å². The number of benzene rings is 1. The minimum atomic E-state index is -0.483. The Morgan fingerprint density at radius 3 is 2.44 bits per heavy atom. The van der Waals surface area contributed by atoms with Crippen molar-refractivity contribution in [1.29, 1.82) is 5.26 Å². The molecule has 1 aromatic heterocycles. The number of anilines is 1. The van der Waals surface area contributed by atoms with Crippen LogP contribution in [-0.2, 0) is 0 Å². The molecule has 6 nitrogen and oxygen atoms in total. The second-order valence-corrected chi connectivity index (χ2v) is 6.43. The lowest BCUT2D eigenvalue weighted by molar-refractivity contribution is 0.109. The molecule has 0 unspecified atom stereocenters. The highest BCUT2D eigenvalue weighted by Gasteiger charge is 2.23. The number of piperazine rings is 1. The van der Waals surface area contributed by atoms with E-state index in [2.05, 4.69) is 26.1 Å². The van der Waals surface area contributed by atoms with Crippen molar-refractivity contribution in [3.63, 3.8) is 0 Å². The Morgan fingerprint density at radius 2 is 1.80 bits per heavy atom. The molecule has 0 radical (unpaired) electrons. The van der Waals surface area contributed by atoms with Gasteiger partial charge in [0.15, 0.2) is 5.82 Å². The van der Waals surface area contributed by atoms with E-state index in [1.54, 1.807) is 0 Å². The normalized spacial score (nSPS) is 16.5. The summed E-state index contributed by atoms with van der Waals surface area (Å²) in [6.07, 6.45) is -0.483. The maximum Gasteiger partial charge on any atom is 0.169 e. The van der Waals surface area contributed by atoms with E-state index in [0.29, 0.717) is 17.9 Å². The maximum atomic E-state index is 10.4. The van der Waals surface area contributed by atoms with E-state index in [1.807, 2.05) is 44.2 Å². The summed E-state index contributed by atoms with van der Waals surface area (Å²) in [4.78, 5) is 4.36. The number of nitriles is 1. The van der Waals surface area contributed by atoms with Gasteiger partial charge in [0.25, 0.3) is 0 Å². The zero-order chi connectivity index (χ0) is 17.8. The third-order valence-corrected chi connectivity index (χ3v) is 4.84. The van der Waals surface area contributed by atoms with Crippen LogP contribution in [0.15, 0.2) is 30.3 Å². The molecule has 1 fully saturated rings. The van der Waals surface area contributed by atoms with Gasteiger partial charge in [0.05, 0.1) is 11.8 Å². The Labute approximate surface area is 148 Å². The van der Waals surface area contributed by atoms with Crippen molar-refractivity contribution in [2.45, 2.75) is 20.0 Å². The van der Waals surface area contributed by atoms with Gasteiger partial charge in [-0.15, -0.1) is 5.10 Å². The Kier molecular flexibility index (Phi) is 5.27. The first-order chi connectivity index (χ1) is 12.1. The first kappa shape index (κ1) is 17.3. The quantitative estimate of drug-likeness (QED) is 0.917. The van der Waals surface area contributed by atoms with E-state index >= 15 is 0 Å². The summed E-state index contributed by atoms with van der Waals surface area (Å²) in [6.45, 7) is 7.59. The van der Waals surface area contributed by atoms with Crippen LogP contribution in [0.5, 0.6) is 0 Å². The Balaban J connectivity index is 1.63. The molecule has 0 spiro atoms. The molecule has 25 heavy (non-hydrogen) atoms. The molecule has 0 saturated carbocycles. The Morgan fingerprint density at radius 1 is 1.12 bits per heavy atom. The summed E-state index contributed by atoms with van der Waals surface area (Å²) >= 11 is 0. The molecule has 1 atom stereocenters. The smallest absolute Gasteiger partial charge is 0.169 e. The third-order valence-electron chi connectivity index (χ3n) is 4.84. The molecule has 2 heterocycles. The first-order valence-corrected chi connectivity index (χ1v) is 8.54. The molecule has 1 saturated heterocycles. The Bertz CT molecular complexity index is 763. The average Bonchev–Trinajstić information content (AvgIpc) is 2.65. The number of hydrogen-bond donors (Lipinski definition) is 1. The number of rotatable bonds is 4. The highest BCUT2D eigenvalue weighted by Crippen LogP contribution is 2.23. The number of nitrogens with zero attached hydrogens (tertiary/aromatic N) is 5. The minimum absolute atomic E-state index is 0.483. The van der Waals surface area contributed by atoms with Gasteiger partial charge in [0.1, 0.15) is 11.6 Å². The van der Waals surface area contributed by atoms with Crippen molar-refractivity contribution >= 4 is 5.82 Å². The average molecular weight is 337 g/mol. The van der Waals surface area contributed by atoms with Gasteiger partial charge < -0.3 is 10.0 Å². The maximum absolute atomic E-state index is 10.4. The second kappa shape index (κ2) is 7.60. The van der Waals surface area contributed by atoms with Gasteiger partial charge in [-0.3, -0.25) is 4.90 Å². The van der Waals surface area contributed by atoms with Gasteiger partial charge in [-0.2, -0.15) is 10.4 Å². The van der Waals surface area contributed by atoms with Crippen molar-refractivity contribution < 1.29 is 5.11 Å². The number of aryl methyl sites for hydroxylation is 1. The molecule has 1 N–H and O–H groups in total. The van der Waals surface area contributed by atoms with Crippen LogP contribution in [0, 0.1) is 25.2 Å². The molecule has 2 aromatic rings. The zero-order valence-electron chi connectivity index (χ0n) is 14.7. The fraction of sp³-hybridized carbons (Fsp3) is 0.421. The van der Waals surface area contributed by atoms with Crippen molar-refractivity contribution in [1.82, 2.24) is 15.1 Å². The van der Waals surface area contributed by atoms with Gasteiger partial charge in [-0.05, 0) is 25.0 Å². The Hall–Kier alpha value is -2.49. The minimum Gasteiger partial charge on any atom is -0.387 e. The monoisotopic (exact) mass is 337 g/mol. The van der Waals surface area contributed by atoms with Gasteiger partial charge in [-0.25, -0.2) is 0 Å². The fourth-order valence-corrected chi connectivity index (χ4v) is 3.12. The summed E-state index contributed by atoms with van der Waals surface area (Å²) in [6, 6.07) is 12.0. The predicted octanol–water partition coefficient (Wildman–Crippen LogP) is 1.82. The number of hydrogen-bond acceptors (Lipinski definition) is 6. The van der Waals surface area contributed by atoms with Gasteiger partial charge in [0, 0.05) is 32.7 Å². The highest BCUT2D eigenvalue weighted by atomic mass is 16.3. The topological polar surface area (TPSA) is 76.3 Å². The predicted molar refractivity (Wildman–Crippen MR) is 96.3 cm³/mol. The molecule has 6 heteroatoms. The zero-order valence-corrected chi connectivity index (χ0v) is 14.7. The molecule has 1 aromatic carbocycles. The van der Waals surface area contributed by atoms with E-state index < -0.39 is 6.10 Å². The number of aliphatic hydroxyl groups excluding tert-OH is 1. The molecule has 0 aliphatic carbocycles. The van der Waals surface area contributed by atoms with Crippen LogP contribution in [0.4, 0.5) is 5.82 Å². The third kappa shape index (κ3) is 3.78. The molecule has 1 aliphatic heterocycles. The number of aliphatic hydroxyl groups is 1. The lowest BCUT2D eigenvalue weighted by Crippen LogP contribution is -2.48. The molecule has 3 rings (SSSR count). The van der Waals surface area contributed by atoms with Crippen LogP contribution in [0.2, 0.25) is 0 Å². The van der Waals surface area contributed by atoms with Crippen LogP contribution >= 0.6 is 0 Å². The van der Waals surface area contributed by atoms with E-state index in [0.717, 1.165) is 43.0 Å². The molecule has 0 amide bonds. The number of β-amino-alcohol motifs (C(OH)–C–C–N with tert-alkyl or cyclic N) is 1. The van der Waals surface area contributed by atoms with Gasteiger partial charge in [-0.1, -0.05) is 30.3 Å².